The average Bonchev–Trinajstić information content (AvgIpc) is 3.23. The Morgan fingerprint density at radius 2 is 1.52 bits per heavy atom. The van der Waals surface area contributed by atoms with E-state index in [1.807, 2.05) is 6.07 Å². The molecule has 0 radical (unpaired) electrons. The molecule has 6 nitrogen and oxygen atoms in total. The molecule has 3 rings (SSSR count). The third-order valence-electron chi connectivity index (χ3n) is 4.52. The average molecular weight is 386 g/mol. The van der Waals surface area contributed by atoms with E-state index in [9.17, 15) is 18.0 Å². The van der Waals surface area contributed by atoms with Gasteiger partial charge < -0.3 is 5.32 Å². The molecule has 1 aliphatic heterocycles. The Hall–Kier alpha value is -2.51. The Balaban J connectivity index is 1.55. The Kier molecular flexibility index (Phi) is 6.03. The van der Waals surface area contributed by atoms with Gasteiger partial charge in [-0.3, -0.25) is 9.59 Å². The quantitative estimate of drug-likeness (QED) is 0.741. The van der Waals surface area contributed by atoms with Gasteiger partial charge in [-0.25, -0.2) is 8.42 Å². The van der Waals surface area contributed by atoms with E-state index in [1.54, 1.807) is 36.4 Å². The van der Waals surface area contributed by atoms with E-state index in [0.29, 0.717) is 24.3 Å². The van der Waals surface area contributed by atoms with E-state index in [4.69, 9.17) is 0 Å². The van der Waals surface area contributed by atoms with Gasteiger partial charge in [0.15, 0.2) is 5.78 Å². The lowest BCUT2D eigenvalue weighted by Gasteiger charge is -2.15. The summed E-state index contributed by atoms with van der Waals surface area (Å²) in [6.07, 6.45) is 1.96. The number of hydrogen-bond acceptors (Lipinski definition) is 4. The van der Waals surface area contributed by atoms with Crippen molar-refractivity contribution in [1.29, 1.82) is 0 Å². The van der Waals surface area contributed by atoms with Gasteiger partial charge >= 0.3 is 0 Å². The van der Waals surface area contributed by atoms with Gasteiger partial charge in [0.05, 0.1) is 4.90 Å². The van der Waals surface area contributed by atoms with E-state index in [-0.39, 0.29) is 29.4 Å². The summed E-state index contributed by atoms with van der Waals surface area (Å²) >= 11 is 0. The van der Waals surface area contributed by atoms with Crippen molar-refractivity contribution in [3.8, 4) is 0 Å². The monoisotopic (exact) mass is 386 g/mol. The molecule has 0 aliphatic carbocycles. The maximum Gasteiger partial charge on any atom is 0.243 e. The largest absolute Gasteiger partial charge is 0.326 e. The van der Waals surface area contributed by atoms with Crippen molar-refractivity contribution in [3.05, 3.63) is 60.2 Å². The molecule has 142 valence electrons. The molecule has 1 N–H and O–H groups in total. The number of amides is 1. The van der Waals surface area contributed by atoms with E-state index in [0.717, 1.165) is 12.8 Å². The molecule has 0 unspecified atom stereocenters. The van der Waals surface area contributed by atoms with Crippen LogP contribution >= 0.6 is 0 Å². The summed E-state index contributed by atoms with van der Waals surface area (Å²) in [6.45, 7) is 1.10. The number of Topliss-reactive ketones (excluding diaryl/α,β-unsaturated/α-hetero) is 1. The maximum absolute atomic E-state index is 12.5. The molecule has 7 heteroatoms. The van der Waals surface area contributed by atoms with Crippen LogP contribution in [0.4, 0.5) is 5.69 Å². The summed E-state index contributed by atoms with van der Waals surface area (Å²) in [5.41, 5.74) is 1.09. The Morgan fingerprint density at radius 3 is 2.15 bits per heavy atom. The summed E-state index contributed by atoms with van der Waals surface area (Å²) in [7, 11) is -3.46. The van der Waals surface area contributed by atoms with Crippen LogP contribution in [0.25, 0.3) is 0 Å². The molecule has 0 spiro atoms. The fourth-order valence-electron chi connectivity index (χ4n) is 3.01. The molecule has 1 aliphatic rings. The van der Waals surface area contributed by atoms with Gasteiger partial charge in [-0.2, -0.15) is 4.31 Å². The molecule has 0 aromatic heterocycles. The van der Waals surface area contributed by atoms with Crippen molar-refractivity contribution < 1.29 is 18.0 Å². The lowest BCUT2D eigenvalue weighted by molar-refractivity contribution is -0.116. The highest BCUT2D eigenvalue weighted by Gasteiger charge is 2.26. The number of nitrogens with zero attached hydrogens (tertiary/aromatic N) is 1. The summed E-state index contributed by atoms with van der Waals surface area (Å²) in [6, 6.07) is 15.0. The zero-order valence-corrected chi connectivity index (χ0v) is 15.7. The van der Waals surface area contributed by atoms with Crippen LogP contribution in [-0.2, 0) is 14.8 Å². The number of rotatable bonds is 7. The second-order valence-electron chi connectivity index (χ2n) is 6.47. The van der Waals surface area contributed by atoms with Gasteiger partial charge in [0.2, 0.25) is 15.9 Å². The summed E-state index contributed by atoms with van der Waals surface area (Å²) in [4.78, 5) is 24.3. The predicted octanol–water partition coefficient (Wildman–Crippen LogP) is 3.07. The first kappa shape index (κ1) is 19.3. The Labute approximate surface area is 159 Å². The van der Waals surface area contributed by atoms with Gasteiger partial charge in [0.1, 0.15) is 0 Å². The molecule has 1 amide bonds. The van der Waals surface area contributed by atoms with E-state index < -0.39 is 10.0 Å². The number of nitrogens with one attached hydrogen (secondary N) is 1. The van der Waals surface area contributed by atoms with Crippen molar-refractivity contribution in [3.63, 3.8) is 0 Å². The SMILES string of the molecule is O=C(CCC(=O)c1ccccc1)Nc1ccc(S(=O)(=O)N2CCCC2)cc1. The molecule has 0 bridgehead atoms. The van der Waals surface area contributed by atoms with Crippen molar-refractivity contribution in [1.82, 2.24) is 4.31 Å². The fraction of sp³-hybridized carbons (Fsp3) is 0.300. The molecule has 1 heterocycles. The first-order valence-corrected chi connectivity index (χ1v) is 10.4. The molecule has 2 aromatic carbocycles. The Bertz CT molecular complexity index is 903. The van der Waals surface area contributed by atoms with Crippen LogP contribution in [0.1, 0.15) is 36.0 Å². The molecular formula is C20H22N2O4S. The molecule has 1 fully saturated rings. The first-order chi connectivity index (χ1) is 13.0. The molecule has 0 atom stereocenters. The maximum atomic E-state index is 12.5. The zero-order chi connectivity index (χ0) is 19.3. The van der Waals surface area contributed by atoms with E-state index in [1.165, 1.54) is 16.4 Å². The smallest absolute Gasteiger partial charge is 0.243 e. The summed E-state index contributed by atoms with van der Waals surface area (Å²) in [5.74, 6) is -0.368. The minimum atomic E-state index is -3.46. The van der Waals surface area contributed by atoms with Crippen LogP contribution in [0.3, 0.4) is 0 Å². The normalized spacial score (nSPS) is 14.8. The second kappa shape index (κ2) is 8.45. The standard InChI is InChI=1S/C20H22N2O4S/c23-19(16-6-2-1-3-7-16)12-13-20(24)21-17-8-10-18(11-9-17)27(25,26)22-14-4-5-15-22/h1-3,6-11H,4-5,12-15H2,(H,21,24). The zero-order valence-electron chi connectivity index (χ0n) is 14.9. The van der Waals surface area contributed by atoms with Gasteiger partial charge in [-0.1, -0.05) is 30.3 Å². The molecule has 27 heavy (non-hydrogen) atoms. The first-order valence-electron chi connectivity index (χ1n) is 8.95. The van der Waals surface area contributed by atoms with Crippen LogP contribution in [0.5, 0.6) is 0 Å². The minimum absolute atomic E-state index is 0.0710. The summed E-state index contributed by atoms with van der Waals surface area (Å²) < 4.78 is 26.4. The predicted molar refractivity (Wildman–Crippen MR) is 103 cm³/mol. The number of carbonyl (C=O) groups is 2. The van der Waals surface area contributed by atoms with Crippen molar-refractivity contribution in [2.75, 3.05) is 18.4 Å². The third-order valence-corrected chi connectivity index (χ3v) is 6.43. The van der Waals surface area contributed by atoms with Gasteiger partial charge in [-0.15, -0.1) is 0 Å². The lowest BCUT2D eigenvalue weighted by Crippen LogP contribution is -2.27. The highest BCUT2D eigenvalue weighted by Crippen LogP contribution is 2.22. The van der Waals surface area contributed by atoms with Crippen molar-refractivity contribution in [2.45, 2.75) is 30.6 Å². The molecule has 1 saturated heterocycles. The number of hydrogen-bond donors (Lipinski definition) is 1. The number of carbonyl (C=O) groups excluding carboxylic acids is 2. The van der Waals surface area contributed by atoms with Crippen LogP contribution < -0.4 is 5.32 Å². The molecule has 2 aromatic rings. The number of sulfonamides is 1. The number of ketones is 1. The van der Waals surface area contributed by atoms with E-state index >= 15 is 0 Å². The van der Waals surface area contributed by atoms with Crippen LogP contribution in [0.2, 0.25) is 0 Å². The highest BCUT2D eigenvalue weighted by molar-refractivity contribution is 7.89. The molecular weight excluding hydrogens is 364 g/mol. The summed E-state index contributed by atoms with van der Waals surface area (Å²) in [5, 5.41) is 2.70. The van der Waals surface area contributed by atoms with Crippen molar-refractivity contribution >= 4 is 27.4 Å². The van der Waals surface area contributed by atoms with Crippen LogP contribution in [0, 0.1) is 0 Å². The number of anilines is 1. The third kappa shape index (κ3) is 4.81. The molecule has 0 saturated carbocycles. The van der Waals surface area contributed by atoms with Crippen LogP contribution in [-0.4, -0.2) is 37.5 Å². The van der Waals surface area contributed by atoms with E-state index in [2.05, 4.69) is 5.32 Å². The number of benzene rings is 2. The van der Waals surface area contributed by atoms with Crippen molar-refractivity contribution in [2.24, 2.45) is 0 Å². The second-order valence-corrected chi connectivity index (χ2v) is 8.41. The minimum Gasteiger partial charge on any atom is -0.326 e. The lowest BCUT2D eigenvalue weighted by atomic mass is 10.1. The fourth-order valence-corrected chi connectivity index (χ4v) is 4.52. The van der Waals surface area contributed by atoms with Gasteiger partial charge in [0, 0.05) is 37.2 Å². The highest BCUT2D eigenvalue weighted by atomic mass is 32.2. The Morgan fingerprint density at radius 1 is 0.889 bits per heavy atom. The topological polar surface area (TPSA) is 83.5 Å². The van der Waals surface area contributed by atoms with Gasteiger partial charge in [-0.05, 0) is 37.1 Å². The van der Waals surface area contributed by atoms with Crippen LogP contribution in [0.15, 0.2) is 59.5 Å². The van der Waals surface area contributed by atoms with Gasteiger partial charge in [0.25, 0.3) is 0 Å².